The molecule has 21 heavy (non-hydrogen) atoms. The number of halogens is 1. The lowest BCUT2D eigenvalue weighted by molar-refractivity contribution is 0.424. The van der Waals surface area contributed by atoms with Crippen LogP contribution < -0.4 is 10.2 Å². The highest BCUT2D eigenvalue weighted by Crippen LogP contribution is 2.32. The Bertz CT molecular complexity index is 470. The lowest BCUT2D eigenvalue weighted by Crippen LogP contribution is -2.39. The van der Waals surface area contributed by atoms with Crippen LogP contribution in [0.5, 0.6) is 0 Å². The van der Waals surface area contributed by atoms with Crippen LogP contribution >= 0.6 is 23.4 Å². The standard InChI is InChI=1S/C17H27ClN2S/c1-5-13-12-20(9-10-21-13)16-8-6-7-15(18)14(16)11-19-17(2,3)4/h6-8,13,19H,5,9-12H2,1-4H3. The largest absolute Gasteiger partial charge is 0.369 e. The van der Waals surface area contributed by atoms with Crippen LogP contribution in [0.2, 0.25) is 5.02 Å². The van der Waals surface area contributed by atoms with Crippen molar-refractivity contribution in [1.82, 2.24) is 5.32 Å². The van der Waals surface area contributed by atoms with Crippen molar-refractivity contribution in [3.05, 3.63) is 28.8 Å². The van der Waals surface area contributed by atoms with Crippen molar-refractivity contribution < 1.29 is 0 Å². The Balaban J connectivity index is 2.20. The molecule has 0 radical (unpaired) electrons. The highest BCUT2D eigenvalue weighted by Gasteiger charge is 2.22. The molecule has 1 heterocycles. The van der Waals surface area contributed by atoms with Crippen LogP contribution in [0.25, 0.3) is 0 Å². The molecule has 1 N–H and O–H groups in total. The molecule has 1 aromatic rings. The van der Waals surface area contributed by atoms with Crippen LogP contribution in [0.4, 0.5) is 5.69 Å². The zero-order valence-corrected chi connectivity index (χ0v) is 15.2. The molecule has 0 saturated carbocycles. The second-order valence-electron chi connectivity index (χ2n) is 6.69. The minimum atomic E-state index is 0.0974. The van der Waals surface area contributed by atoms with Gasteiger partial charge in [0.05, 0.1) is 0 Å². The van der Waals surface area contributed by atoms with E-state index in [9.17, 15) is 0 Å². The van der Waals surface area contributed by atoms with E-state index in [-0.39, 0.29) is 5.54 Å². The Hall–Kier alpha value is -0.380. The summed E-state index contributed by atoms with van der Waals surface area (Å²) in [5, 5.41) is 5.18. The minimum Gasteiger partial charge on any atom is -0.369 e. The second-order valence-corrected chi connectivity index (χ2v) is 8.50. The molecule has 1 saturated heterocycles. The Morgan fingerprint density at radius 2 is 2.14 bits per heavy atom. The van der Waals surface area contributed by atoms with Crippen LogP contribution in [-0.4, -0.2) is 29.6 Å². The number of nitrogens with zero attached hydrogens (tertiary/aromatic N) is 1. The van der Waals surface area contributed by atoms with E-state index in [0.29, 0.717) is 0 Å². The Labute approximate surface area is 138 Å². The lowest BCUT2D eigenvalue weighted by Gasteiger charge is -2.35. The average Bonchev–Trinajstić information content (AvgIpc) is 2.45. The minimum absolute atomic E-state index is 0.0974. The number of hydrogen-bond acceptors (Lipinski definition) is 3. The summed E-state index contributed by atoms with van der Waals surface area (Å²) in [6.45, 7) is 11.9. The van der Waals surface area contributed by atoms with Gasteiger partial charge in [-0.15, -0.1) is 0 Å². The van der Waals surface area contributed by atoms with E-state index in [2.05, 4.69) is 61.8 Å². The van der Waals surface area contributed by atoms with Gasteiger partial charge in [-0.1, -0.05) is 24.6 Å². The summed E-state index contributed by atoms with van der Waals surface area (Å²) in [5.74, 6) is 1.21. The molecule has 0 aliphatic carbocycles. The maximum absolute atomic E-state index is 6.48. The Kier molecular flexibility index (Phi) is 5.87. The van der Waals surface area contributed by atoms with Crippen LogP contribution in [0.15, 0.2) is 18.2 Å². The normalized spacial score (nSPS) is 19.9. The molecule has 0 bridgehead atoms. The number of thioether (sulfide) groups is 1. The summed E-state index contributed by atoms with van der Waals surface area (Å²) in [6, 6.07) is 6.29. The number of benzene rings is 1. The molecular formula is C17H27ClN2S. The van der Waals surface area contributed by atoms with E-state index in [1.165, 1.54) is 23.4 Å². The third-order valence-electron chi connectivity index (χ3n) is 3.82. The average molecular weight is 327 g/mol. The van der Waals surface area contributed by atoms with Gasteiger partial charge in [0.2, 0.25) is 0 Å². The molecule has 118 valence electrons. The molecule has 1 aliphatic heterocycles. The van der Waals surface area contributed by atoms with Crippen molar-refractivity contribution in [2.24, 2.45) is 0 Å². The van der Waals surface area contributed by atoms with Crippen LogP contribution in [0.1, 0.15) is 39.7 Å². The number of rotatable bonds is 4. The molecule has 2 nitrogen and oxygen atoms in total. The van der Waals surface area contributed by atoms with Crippen LogP contribution in [0.3, 0.4) is 0 Å². The van der Waals surface area contributed by atoms with Crippen LogP contribution in [0, 0.1) is 0 Å². The summed E-state index contributed by atoms with van der Waals surface area (Å²) < 4.78 is 0. The predicted octanol–water partition coefficient (Wildman–Crippen LogP) is 4.56. The van der Waals surface area contributed by atoms with E-state index in [1.807, 2.05) is 6.07 Å². The van der Waals surface area contributed by atoms with Gasteiger partial charge >= 0.3 is 0 Å². The first-order valence-corrected chi connectivity index (χ1v) is 9.22. The number of nitrogens with one attached hydrogen (secondary N) is 1. The molecule has 1 unspecified atom stereocenters. The molecule has 0 spiro atoms. The summed E-state index contributed by atoms with van der Waals surface area (Å²) >= 11 is 8.57. The third kappa shape index (κ3) is 4.80. The van der Waals surface area contributed by atoms with Gasteiger partial charge in [0.15, 0.2) is 0 Å². The van der Waals surface area contributed by atoms with Gasteiger partial charge < -0.3 is 10.2 Å². The molecule has 4 heteroatoms. The predicted molar refractivity (Wildman–Crippen MR) is 96.8 cm³/mol. The zero-order valence-electron chi connectivity index (χ0n) is 13.6. The van der Waals surface area contributed by atoms with Gasteiger partial charge in [-0.3, -0.25) is 0 Å². The Morgan fingerprint density at radius 1 is 1.38 bits per heavy atom. The van der Waals surface area contributed by atoms with Gasteiger partial charge in [-0.05, 0) is 39.3 Å². The maximum atomic E-state index is 6.48. The van der Waals surface area contributed by atoms with Crippen molar-refractivity contribution in [2.75, 3.05) is 23.7 Å². The highest BCUT2D eigenvalue weighted by molar-refractivity contribution is 8.00. The fraction of sp³-hybridized carbons (Fsp3) is 0.647. The topological polar surface area (TPSA) is 15.3 Å². The highest BCUT2D eigenvalue weighted by atomic mass is 35.5. The van der Waals surface area contributed by atoms with Crippen molar-refractivity contribution in [1.29, 1.82) is 0 Å². The van der Waals surface area contributed by atoms with E-state index < -0.39 is 0 Å². The summed E-state index contributed by atoms with van der Waals surface area (Å²) in [5.41, 5.74) is 2.63. The Morgan fingerprint density at radius 3 is 2.81 bits per heavy atom. The smallest absolute Gasteiger partial charge is 0.0471 e. The molecule has 1 atom stereocenters. The van der Waals surface area contributed by atoms with Crippen molar-refractivity contribution >= 4 is 29.1 Å². The molecule has 0 amide bonds. The second kappa shape index (κ2) is 7.26. The van der Waals surface area contributed by atoms with Gasteiger partial charge in [-0.25, -0.2) is 0 Å². The first-order valence-electron chi connectivity index (χ1n) is 7.79. The summed E-state index contributed by atoms with van der Waals surface area (Å²) in [6.07, 6.45) is 1.23. The van der Waals surface area contributed by atoms with Crippen molar-refractivity contribution in [2.45, 2.75) is 51.4 Å². The van der Waals surface area contributed by atoms with Gasteiger partial charge in [-0.2, -0.15) is 11.8 Å². The van der Waals surface area contributed by atoms with E-state index in [0.717, 1.165) is 29.9 Å². The van der Waals surface area contributed by atoms with E-state index in [4.69, 9.17) is 11.6 Å². The monoisotopic (exact) mass is 326 g/mol. The number of hydrogen-bond donors (Lipinski definition) is 1. The van der Waals surface area contributed by atoms with E-state index in [1.54, 1.807) is 0 Å². The molecule has 1 aliphatic rings. The maximum Gasteiger partial charge on any atom is 0.0471 e. The number of anilines is 1. The fourth-order valence-corrected chi connectivity index (χ4v) is 3.97. The summed E-state index contributed by atoms with van der Waals surface area (Å²) in [7, 11) is 0. The fourth-order valence-electron chi connectivity index (χ4n) is 2.56. The van der Waals surface area contributed by atoms with Crippen LogP contribution in [-0.2, 0) is 6.54 Å². The molecule has 0 aromatic heterocycles. The third-order valence-corrected chi connectivity index (χ3v) is 5.55. The van der Waals surface area contributed by atoms with Crippen molar-refractivity contribution in [3.63, 3.8) is 0 Å². The van der Waals surface area contributed by atoms with Gasteiger partial charge in [0.1, 0.15) is 0 Å². The molecule has 2 rings (SSSR count). The van der Waals surface area contributed by atoms with E-state index >= 15 is 0 Å². The molecule has 1 aromatic carbocycles. The molecular weight excluding hydrogens is 300 g/mol. The quantitative estimate of drug-likeness (QED) is 0.873. The summed E-state index contributed by atoms with van der Waals surface area (Å²) in [4.78, 5) is 2.51. The van der Waals surface area contributed by atoms with Gasteiger partial charge in [0, 0.05) is 52.4 Å². The first kappa shape index (κ1) is 17.0. The lowest BCUT2D eigenvalue weighted by atomic mass is 10.1. The zero-order chi connectivity index (χ0) is 15.5. The SMILES string of the molecule is CCC1CN(c2cccc(Cl)c2CNC(C)(C)C)CCS1. The van der Waals surface area contributed by atoms with Crippen molar-refractivity contribution in [3.8, 4) is 0 Å². The first-order chi connectivity index (χ1) is 9.90. The van der Waals surface area contributed by atoms with Gasteiger partial charge in [0.25, 0.3) is 0 Å². The molecule has 1 fully saturated rings.